The Labute approximate surface area is 197 Å². The van der Waals surface area contributed by atoms with Crippen LogP contribution in [0.25, 0.3) is 11.4 Å². The van der Waals surface area contributed by atoms with Crippen LogP contribution in [0.4, 0.5) is 11.5 Å². The lowest BCUT2D eigenvalue weighted by Gasteiger charge is -2.33. The summed E-state index contributed by atoms with van der Waals surface area (Å²) in [5, 5.41) is 11.2. The lowest BCUT2D eigenvalue weighted by molar-refractivity contribution is -0.384. The summed E-state index contributed by atoms with van der Waals surface area (Å²) < 4.78 is 0. The summed E-state index contributed by atoms with van der Waals surface area (Å²) in [6.07, 6.45) is 0.568. The highest BCUT2D eigenvalue weighted by Gasteiger charge is 2.29. The summed E-state index contributed by atoms with van der Waals surface area (Å²) in [6, 6.07) is 14.1. The molecule has 0 bridgehead atoms. The standard InChI is InChI=1S/C24H24ClN5O3/c1-15(2)28(3)23-18-14-29(24(31)17-9-10-19(25)21(13-17)30(32)33)12-11-20(18)26-22(27-23)16-7-5-4-6-8-16/h4-10,13,15H,11-12,14H2,1-3H3. The number of nitrogens with zero attached hydrogens (tertiary/aromatic N) is 5. The Bertz CT molecular complexity index is 1220. The Morgan fingerprint density at radius 1 is 1.18 bits per heavy atom. The van der Waals surface area contributed by atoms with Crippen molar-refractivity contribution in [3.63, 3.8) is 0 Å². The number of carbonyl (C=O) groups is 1. The molecule has 1 aliphatic heterocycles. The number of fused-ring (bicyclic) bond motifs is 1. The summed E-state index contributed by atoms with van der Waals surface area (Å²) >= 11 is 5.91. The van der Waals surface area contributed by atoms with Gasteiger partial charge in [0.2, 0.25) is 0 Å². The molecule has 0 fully saturated rings. The van der Waals surface area contributed by atoms with E-state index in [0.29, 0.717) is 25.3 Å². The molecular formula is C24H24ClN5O3. The number of halogens is 1. The summed E-state index contributed by atoms with van der Waals surface area (Å²) in [5.41, 5.74) is 2.70. The number of nitro benzene ring substituents is 1. The third-order valence-electron chi connectivity index (χ3n) is 5.86. The van der Waals surface area contributed by atoms with E-state index in [2.05, 4.69) is 18.7 Å². The maximum absolute atomic E-state index is 13.2. The van der Waals surface area contributed by atoms with E-state index >= 15 is 0 Å². The third kappa shape index (κ3) is 4.52. The van der Waals surface area contributed by atoms with Crippen molar-refractivity contribution < 1.29 is 9.72 Å². The molecule has 0 saturated heterocycles. The molecule has 170 valence electrons. The summed E-state index contributed by atoms with van der Waals surface area (Å²) in [4.78, 5) is 37.3. The molecule has 1 aromatic heterocycles. The zero-order chi connectivity index (χ0) is 23.7. The number of hydrogen-bond donors (Lipinski definition) is 0. The average Bonchev–Trinajstić information content (AvgIpc) is 2.82. The van der Waals surface area contributed by atoms with Gasteiger partial charge in [0.05, 0.1) is 17.2 Å². The van der Waals surface area contributed by atoms with Crippen molar-refractivity contribution in [3.8, 4) is 11.4 Å². The topological polar surface area (TPSA) is 92.5 Å². The van der Waals surface area contributed by atoms with Crippen molar-refractivity contribution in [2.45, 2.75) is 32.9 Å². The summed E-state index contributed by atoms with van der Waals surface area (Å²) in [5.74, 6) is 1.16. The number of benzene rings is 2. The first-order valence-electron chi connectivity index (χ1n) is 10.7. The van der Waals surface area contributed by atoms with E-state index < -0.39 is 4.92 Å². The van der Waals surface area contributed by atoms with Crippen LogP contribution in [-0.2, 0) is 13.0 Å². The van der Waals surface area contributed by atoms with Gasteiger partial charge < -0.3 is 9.80 Å². The number of aromatic nitrogens is 2. The minimum absolute atomic E-state index is 0.00299. The lowest BCUT2D eigenvalue weighted by Crippen LogP contribution is -2.38. The van der Waals surface area contributed by atoms with Crippen molar-refractivity contribution in [1.29, 1.82) is 0 Å². The minimum atomic E-state index is -0.584. The maximum Gasteiger partial charge on any atom is 0.288 e. The van der Waals surface area contributed by atoms with Gasteiger partial charge in [0.25, 0.3) is 11.6 Å². The first-order chi connectivity index (χ1) is 15.8. The van der Waals surface area contributed by atoms with Crippen LogP contribution in [0.5, 0.6) is 0 Å². The van der Waals surface area contributed by atoms with Crippen LogP contribution in [0.3, 0.4) is 0 Å². The second kappa shape index (κ2) is 9.15. The van der Waals surface area contributed by atoms with Gasteiger partial charge in [0.1, 0.15) is 10.8 Å². The van der Waals surface area contributed by atoms with E-state index in [-0.39, 0.29) is 28.2 Å². The minimum Gasteiger partial charge on any atom is -0.357 e. The lowest BCUT2D eigenvalue weighted by atomic mass is 10.0. The molecule has 0 saturated carbocycles. The number of hydrogen-bond acceptors (Lipinski definition) is 6. The maximum atomic E-state index is 13.2. The molecule has 0 aliphatic carbocycles. The van der Waals surface area contributed by atoms with Crippen LogP contribution < -0.4 is 4.90 Å². The van der Waals surface area contributed by atoms with Gasteiger partial charge in [-0.05, 0) is 26.0 Å². The zero-order valence-electron chi connectivity index (χ0n) is 18.7. The van der Waals surface area contributed by atoms with Gasteiger partial charge in [0.15, 0.2) is 5.82 Å². The third-order valence-corrected chi connectivity index (χ3v) is 6.18. The first kappa shape index (κ1) is 22.7. The van der Waals surface area contributed by atoms with Crippen LogP contribution >= 0.6 is 11.6 Å². The monoisotopic (exact) mass is 465 g/mol. The highest BCUT2D eigenvalue weighted by molar-refractivity contribution is 6.32. The van der Waals surface area contributed by atoms with Crippen molar-refractivity contribution >= 4 is 29.0 Å². The van der Waals surface area contributed by atoms with Crippen molar-refractivity contribution in [2.24, 2.45) is 0 Å². The van der Waals surface area contributed by atoms with Crippen LogP contribution in [0.1, 0.15) is 35.5 Å². The van der Waals surface area contributed by atoms with Crippen LogP contribution in [-0.4, -0.2) is 45.3 Å². The molecule has 0 spiro atoms. The highest BCUT2D eigenvalue weighted by atomic mass is 35.5. The van der Waals surface area contributed by atoms with Gasteiger partial charge in [-0.15, -0.1) is 0 Å². The normalized spacial score (nSPS) is 13.1. The Hall–Kier alpha value is -3.52. The molecule has 33 heavy (non-hydrogen) atoms. The number of nitro groups is 1. The van der Waals surface area contributed by atoms with Crippen molar-refractivity contribution in [2.75, 3.05) is 18.5 Å². The van der Waals surface area contributed by atoms with Gasteiger partial charge in [-0.1, -0.05) is 41.9 Å². The quantitative estimate of drug-likeness (QED) is 0.399. The van der Waals surface area contributed by atoms with Crippen LogP contribution in [0.2, 0.25) is 5.02 Å². The molecule has 4 rings (SSSR count). The van der Waals surface area contributed by atoms with E-state index in [0.717, 1.165) is 22.6 Å². The SMILES string of the molecule is CC(C)N(C)c1nc(-c2ccccc2)nc2c1CN(C(=O)c1ccc(Cl)c([N+](=O)[O-])c1)CC2. The predicted molar refractivity (Wildman–Crippen MR) is 128 cm³/mol. The molecule has 0 N–H and O–H groups in total. The Balaban J connectivity index is 1.71. The van der Waals surface area contributed by atoms with E-state index in [9.17, 15) is 14.9 Å². The van der Waals surface area contributed by atoms with Gasteiger partial charge in [-0.25, -0.2) is 9.97 Å². The fourth-order valence-corrected chi connectivity index (χ4v) is 3.98. The van der Waals surface area contributed by atoms with E-state index in [1.807, 2.05) is 37.4 Å². The van der Waals surface area contributed by atoms with E-state index in [1.54, 1.807) is 4.90 Å². The molecule has 9 heteroatoms. The highest BCUT2D eigenvalue weighted by Crippen LogP contribution is 2.31. The smallest absolute Gasteiger partial charge is 0.288 e. The summed E-state index contributed by atoms with van der Waals surface area (Å²) in [7, 11) is 1.98. The van der Waals surface area contributed by atoms with Crippen molar-refractivity contribution in [3.05, 3.63) is 80.5 Å². The van der Waals surface area contributed by atoms with Gasteiger partial charge >= 0.3 is 0 Å². The molecule has 0 unspecified atom stereocenters. The van der Waals surface area contributed by atoms with Crippen LogP contribution in [0.15, 0.2) is 48.5 Å². The van der Waals surface area contributed by atoms with Gasteiger partial charge in [0, 0.05) is 48.8 Å². The number of amides is 1. The molecule has 2 heterocycles. The van der Waals surface area contributed by atoms with Crippen molar-refractivity contribution in [1.82, 2.24) is 14.9 Å². The Morgan fingerprint density at radius 3 is 2.58 bits per heavy atom. The average molecular weight is 466 g/mol. The van der Waals surface area contributed by atoms with E-state index in [4.69, 9.17) is 21.6 Å². The fourth-order valence-electron chi connectivity index (χ4n) is 3.79. The predicted octanol–water partition coefficient (Wildman–Crippen LogP) is 4.75. The summed E-state index contributed by atoms with van der Waals surface area (Å²) in [6.45, 7) is 4.94. The second-order valence-corrected chi connectivity index (χ2v) is 8.67. The Kier molecular flexibility index (Phi) is 6.29. The largest absolute Gasteiger partial charge is 0.357 e. The molecule has 1 aliphatic rings. The van der Waals surface area contributed by atoms with Crippen LogP contribution in [0, 0.1) is 10.1 Å². The fraction of sp³-hybridized carbons (Fsp3) is 0.292. The molecule has 0 atom stereocenters. The van der Waals surface area contributed by atoms with Gasteiger partial charge in [-0.3, -0.25) is 14.9 Å². The first-order valence-corrected chi connectivity index (χ1v) is 11.0. The molecule has 0 radical (unpaired) electrons. The number of rotatable bonds is 5. The molecule has 1 amide bonds. The molecular weight excluding hydrogens is 442 g/mol. The number of carbonyl (C=O) groups excluding carboxylic acids is 1. The molecule has 2 aromatic carbocycles. The van der Waals surface area contributed by atoms with E-state index in [1.165, 1.54) is 18.2 Å². The zero-order valence-corrected chi connectivity index (χ0v) is 19.4. The molecule has 3 aromatic rings. The molecule has 8 nitrogen and oxygen atoms in total. The number of anilines is 1. The Morgan fingerprint density at radius 2 is 1.91 bits per heavy atom. The van der Waals surface area contributed by atoms with Gasteiger partial charge in [-0.2, -0.15) is 0 Å². The second-order valence-electron chi connectivity index (χ2n) is 8.27.